The van der Waals surface area contributed by atoms with Crippen molar-refractivity contribution in [3.05, 3.63) is 29.5 Å². The average Bonchev–Trinajstić information content (AvgIpc) is 3.27. The van der Waals surface area contributed by atoms with Crippen molar-refractivity contribution in [3.63, 3.8) is 0 Å². The van der Waals surface area contributed by atoms with Crippen LogP contribution in [-0.2, 0) is 7.05 Å². The van der Waals surface area contributed by atoms with Crippen molar-refractivity contribution in [1.29, 1.82) is 0 Å². The van der Waals surface area contributed by atoms with Gasteiger partial charge in [0.1, 0.15) is 11.6 Å². The Labute approximate surface area is 125 Å². The number of hydrogen-bond donors (Lipinski definition) is 1. The molecule has 1 unspecified atom stereocenters. The van der Waals surface area contributed by atoms with Crippen LogP contribution in [0.1, 0.15) is 36.9 Å². The van der Waals surface area contributed by atoms with Crippen LogP contribution in [0.2, 0.25) is 0 Å². The molecule has 1 saturated carbocycles. The summed E-state index contributed by atoms with van der Waals surface area (Å²) in [5.74, 6) is 2.82. The molecule has 1 aromatic heterocycles. The van der Waals surface area contributed by atoms with Crippen LogP contribution in [-0.4, -0.2) is 16.9 Å². The first kappa shape index (κ1) is 14.0. The molecule has 1 aliphatic rings. The average molecular weight is 285 g/mol. The van der Waals surface area contributed by atoms with E-state index in [-0.39, 0.29) is 0 Å². The van der Waals surface area contributed by atoms with Crippen molar-refractivity contribution in [3.8, 4) is 16.9 Å². The topological polar surface area (TPSA) is 53.1 Å². The standard InChI is InChI=1S/C17H23N3O/c1-10-5-6-13(9-14(10)21-4)15-16(11(2)12-7-8-12)19-20(3)17(15)18/h5-6,9,11-12H,7-8,18H2,1-4H3. The third kappa shape index (κ3) is 2.39. The van der Waals surface area contributed by atoms with E-state index in [1.807, 2.05) is 14.0 Å². The zero-order valence-corrected chi connectivity index (χ0v) is 13.2. The fourth-order valence-electron chi connectivity index (χ4n) is 2.97. The summed E-state index contributed by atoms with van der Waals surface area (Å²) in [4.78, 5) is 0. The predicted molar refractivity (Wildman–Crippen MR) is 85.5 cm³/mol. The minimum Gasteiger partial charge on any atom is -0.496 e. The van der Waals surface area contributed by atoms with E-state index in [9.17, 15) is 0 Å². The van der Waals surface area contributed by atoms with Gasteiger partial charge in [0, 0.05) is 18.5 Å². The number of aryl methyl sites for hydroxylation is 2. The second-order valence-electron chi connectivity index (χ2n) is 6.08. The zero-order chi connectivity index (χ0) is 15.1. The summed E-state index contributed by atoms with van der Waals surface area (Å²) in [7, 11) is 3.61. The fraction of sp³-hybridized carbons (Fsp3) is 0.471. The maximum Gasteiger partial charge on any atom is 0.129 e. The first-order valence-corrected chi connectivity index (χ1v) is 7.50. The van der Waals surface area contributed by atoms with Crippen molar-refractivity contribution in [1.82, 2.24) is 9.78 Å². The van der Waals surface area contributed by atoms with Crippen molar-refractivity contribution >= 4 is 5.82 Å². The van der Waals surface area contributed by atoms with Crippen molar-refractivity contribution < 1.29 is 4.74 Å². The third-order valence-electron chi connectivity index (χ3n) is 4.58. The van der Waals surface area contributed by atoms with Gasteiger partial charge in [-0.3, -0.25) is 4.68 Å². The molecule has 112 valence electrons. The van der Waals surface area contributed by atoms with Gasteiger partial charge in [-0.15, -0.1) is 0 Å². The number of nitrogens with two attached hydrogens (primary N) is 1. The summed E-state index contributed by atoms with van der Waals surface area (Å²) < 4.78 is 7.23. The molecular weight excluding hydrogens is 262 g/mol. The van der Waals surface area contributed by atoms with Crippen molar-refractivity contribution in [2.75, 3.05) is 12.8 Å². The fourth-order valence-corrected chi connectivity index (χ4v) is 2.97. The highest BCUT2D eigenvalue weighted by atomic mass is 16.5. The Morgan fingerprint density at radius 2 is 2.10 bits per heavy atom. The van der Waals surface area contributed by atoms with Gasteiger partial charge in [-0.2, -0.15) is 5.10 Å². The molecule has 1 heterocycles. The van der Waals surface area contributed by atoms with Gasteiger partial charge in [0.05, 0.1) is 12.8 Å². The molecule has 1 atom stereocenters. The van der Waals surface area contributed by atoms with E-state index >= 15 is 0 Å². The Morgan fingerprint density at radius 3 is 2.71 bits per heavy atom. The molecule has 0 aliphatic heterocycles. The molecule has 1 fully saturated rings. The van der Waals surface area contributed by atoms with E-state index in [4.69, 9.17) is 10.5 Å². The van der Waals surface area contributed by atoms with E-state index in [0.29, 0.717) is 5.92 Å². The van der Waals surface area contributed by atoms with E-state index in [2.05, 4.69) is 30.2 Å². The minimum atomic E-state index is 0.454. The molecule has 2 N–H and O–H groups in total. The van der Waals surface area contributed by atoms with Gasteiger partial charge in [-0.25, -0.2) is 0 Å². The number of aromatic nitrogens is 2. The van der Waals surface area contributed by atoms with Crippen LogP contribution >= 0.6 is 0 Å². The molecule has 4 nitrogen and oxygen atoms in total. The monoisotopic (exact) mass is 285 g/mol. The van der Waals surface area contributed by atoms with Gasteiger partial charge in [0.25, 0.3) is 0 Å². The maximum atomic E-state index is 6.28. The SMILES string of the molecule is COc1cc(-c2c(C(C)C3CC3)nn(C)c2N)ccc1C. The van der Waals surface area contributed by atoms with Gasteiger partial charge in [0.2, 0.25) is 0 Å². The van der Waals surface area contributed by atoms with Crippen LogP contribution in [0.15, 0.2) is 18.2 Å². The Kier molecular flexibility index (Phi) is 3.40. The maximum absolute atomic E-state index is 6.28. The highest BCUT2D eigenvalue weighted by molar-refractivity contribution is 5.78. The number of hydrogen-bond acceptors (Lipinski definition) is 3. The molecule has 3 rings (SSSR count). The van der Waals surface area contributed by atoms with Gasteiger partial charge >= 0.3 is 0 Å². The number of rotatable bonds is 4. The Balaban J connectivity index is 2.12. The first-order chi connectivity index (χ1) is 10.0. The van der Waals surface area contributed by atoms with Crippen molar-refractivity contribution in [2.24, 2.45) is 13.0 Å². The minimum absolute atomic E-state index is 0.454. The summed E-state index contributed by atoms with van der Waals surface area (Å²) in [6.45, 7) is 4.30. The Morgan fingerprint density at radius 1 is 1.38 bits per heavy atom. The number of methoxy groups -OCH3 is 1. The van der Waals surface area contributed by atoms with E-state index in [1.54, 1.807) is 11.8 Å². The zero-order valence-electron chi connectivity index (χ0n) is 13.2. The van der Waals surface area contributed by atoms with Crippen LogP contribution in [0.25, 0.3) is 11.1 Å². The highest BCUT2D eigenvalue weighted by Crippen LogP contribution is 2.46. The summed E-state index contributed by atoms with van der Waals surface area (Å²) in [6.07, 6.45) is 2.60. The quantitative estimate of drug-likeness (QED) is 0.935. The molecule has 1 aromatic carbocycles. The lowest BCUT2D eigenvalue weighted by Crippen LogP contribution is -2.00. The molecule has 0 spiro atoms. The summed E-state index contributed by atoms with van der Waals surface area (Å²) in [5, 5.41) is 4.68. The smallest absolute Gasteiger partial charge is 0.129 e. The molecular formula is C17H23N3O. The molecule has 0 saturated heterocycles. The van der Waals surface area contributed by atoms with Gasteiger partial charge in [0.15, 0.2) is 0 Å². The van der Waals surface area contributed by atoms with E-state index < -0.39 is 0 Å². The second-order valence-corrected chi connectivity index (χ2v) is 6.08. The number of nitrogen functional groups attached to an aromatic ring is 1. The number of ether oxygens (including phenoxy) is 1. The van der Waals surface area contributed by atoms with Crippen LogP contribution in [0.5, 0.6) is 5.75 Å². The number of benzene rings is 1. The second kappa shape index (κ2) is 5.10. The molecule has 0 radical (unpaired) electrons. The molecule has 21 heavy (non-hydrogen) atoms. The summed E-state index contributed by atoms with van der Waals surface area (Å²) in [5.41, 5.74) is 10.7. The molecule has 4 heteroatoms. The Hall–Kier alpha value is -1.97. The lowest BCUT2D eigenvalue weighted by molar-refractivity contribution is 0.412. The van der Waals surface area contributed by atoms with Crippen LogP contribution < -0.4 is 10.5 Å². The lowest BCUT2D eigenvalue weighted by atomic mass is 9.94. The van der Waals surface area contributed by atoms with Crippen molar-refractivity contribution in [2.45, 2.75) is 32.6 Å². The normalized spacial score (nSPS) is 16.0. The van der Waals surface area contributed by atoms with Gasteiger partial charge < -0.3 is 10.5 Å². The molecule has 2 aromatic rings. The summed E-state index contributed by atoms with van der Waals surface area (Å²) >= 11 is 0. The van der Waals surface area contributed by atoms with E-state index in [0.717, 1.165) is 39.9 Å². The summed E-state index contributed by atoms with van der Waals surface area (Å²) in [6, 6.07) is 6.24. The van der Waals surface area contributed by atoms with Crippen LogP contribution in [0.3, 0.4) is 0 Å². The third-order valence-corrected chi connectivity index (χ3v) is 4.58. The first-order valence-electron chi connectivity index (χ1n) is 7.50. The van der Waals surface area contributed by atoms with Crippen LogP contribution in [0, 0.1) is 12.8 Å². The molecule has 1 aliphatic carbocycles. The van der Waals surface area contributed by atoms with E-state index in [1.165, 1.54) is 12.8 Å². The number of nitrogens with zero attached hydrogens (tertiary/aromatic N) is 2. The van der Waals surface area contributed by atoms with Gasteiger partial charge in [-0.05, 0) is 42.9 Å². The van der Waals surface area contributed by atoms with Gasteiger partial charge in [-0.1, -0.05) is 19.1 Å². The molecule has 0 bridgehead atoms. The van der Waals surface area contributed by atoms with Crippen LogP contribution in [0.4, 0.5) is 5.82 Å². The Bertz CT molecular complexity index is 671. The molecule has 0 amide bonds. The number of anilines is 1. The predicted octanol–water partition coefficient (Wildman–Crippen LogP) is 3.50. The highest BCUT2D eigenvalue weighted by Gasteiger charge is 2.33. The largest absolute Gasteiger partial charge is 0.496 e. The lowest BCUT2D eigenvalue weighted by Gasteiger charge is -2.12.